The number of carbonyl (C=O) groups excluding carboxylic acids is 2. The zero-order chi connectivity index (χ0) is 19.9. The van der Waals surface area contributed by atoms with E-state index >= 15 is 0 Å². The molecular weight excluding hydrogens is 358 g/mol. The van der Waals surface area contributed by atoms with E-state index < -0.39 is 11.8 Å². The minimum absolute atomic E-state index is 0.119. The van der Waals surface area contributed by atoms with Gasteiger partial charge in [-0.2, -0.15) is 0 Å². The molecule has 2 N–H and O–H groups in total. The fourth-order valence-electron chi connectivity index (χ4n) is 2.49. The molecule has 0 aliphatic heterocycles. The molecule has 0 saturated carbocycles. The molecule has 142 valence electrons. The van der Waals surface area contributed by atoms with E-state index in [1.807, 2.05) is 0 Å². The number of nitrogens with one attached hydrogen (secondary N) is 2. The van der Waals surface area contributed by atoms with Gasteiger partial charge >= 0.3 is 0 Å². The topological polar surface area (TPSA) is 89.5 Å². The second-order valence-electron chi connectivity index (χ2n) is 5.75. The first-order valence-electron chi connectivity index (χ1n) is 8.47. The van der Waals surface area contributed by atoms with E-state index in [2.05, 4.69) is 15.6 Å². The summed E-state index contributed by atoms with van der Waals surface area (Å²) < 4.78 is 10.3. The Balaban J connectivity index is 1.73. The summed E-state index contributed by atoms with van der Waals surface area (Å²) in [6.07, 6.45) is 0. The lowest BCUT2D eigenvalue weighted by molar-refractivity contribution is 0.101. The van der Waals surface area contributed by atoms with Crippen LogP contribution in [0.2, 0.25) is 0 Å². The first kappa shape index (κ1) is 18.9. The molecule has 3 aromatic rings. The van der Waals surface area contributed by atoms with Gasteiger partial charge in [0.2, 0.25) is 0 Å². The van der Waals surface area contributed by atoms with Crippen LogP contribution < -0.4 is 20.1 Å². The zero-order valence-electron chi connectivity index (χ0n) is 15.4. The average molecular weight is 377 g/mol. The molecular formula is C21H19N3O4. The number of benzene rings is 2. The molecule has 28 heavy (non-hydrogen) atoms. The predicted molar refractivity (Wildman–Crippen MR) is 106 cm³/mol. The van der Waals surface area contributed by atoms with Gasteiger partial charge in [-0.3, -0.25) is 9.59 Å². The molecule has 0 unspecified atom stereocenters. The van der Waals surface area contributed by atoms with Crippen LogP contribution in [0, 0.1) is 0 Å². The fraction of sp³-hybridized carbons (Fsp3) is 0.0952. The number of para-hydroxylation sites is 2. The van der Waals surface area contributed by atoms with Crippen molar-refractivity contribution in [3.05, 3.63) is 78.1 Å². The molecule has 0 bridgehead atoms. The summed E-state index contributed by atoms with van der Waals surface area (Å²) >= 11 is 0. The molecule has 0 spiro atoms. The highest BCUT2D eigenvalue weighted by Crippen LogP contribution is 2.23. The van der Waals surface area contributed by atoms with E-state index in [4.69, 9.17) is 9.47 Å². The molecule has 7 nitrogen and oxygen atoms in total. The molecule has 0 fully saturated rings. The Bertz CT molecular complexity index is 987. The maximum absolute atomic E-state index is 12.5. The van der Waals surface area contributed by atoms with Gasteiger partial charge in [-0.05, 0) is 48.5 Å². The highest BCUT2D eigenvalue weighted by molar-refractivity contribution is 6.06. The largest absolute Gasteiger partial charge is 0.497 e. The smallest absolute Gasteiger partial charge is 0.274 e. The van der Waals surface area contributed by atoms with Crippen molar-refractivity contribution in [1.29, 1.82) is 0 Å². The highest BCUT2D eigenvalue weighted by Gasteiger charge is 2.14. The van der Waals surface area contributed by atoms with Gasteiger partial charge in [-0.25, -0.2) is 4.98 Å². The van der Waals surface area contributed by atoms with Gasteiger partial charge < -0.3 is 20.1 Å². The average Bonchev–Trinajstić information content (AvgIpc) is 2.74. The minimum atomic E-state index is -0.441. The van der Waals surface area contributed by atoms with Crippen LogP contribution >= 0.6 is 0 Å². The van der Waals surface area contributed by atoms with E-state index in [-0.39, 0.29) is 11.4 Å². The number of carbonyl (C=O) groups is 2. The number of rotatable bonds is 6. The van der Waals surface area contributed by atoms with Crippen LogP contribution in [0.25, 0.3) is 0 Å². The summed E-state index contributed by atoms with van der Waals surface area (Å²) in [5.74, 6) is 0.357. The Morgan fingerprint density at radius 2 is 1.39 bits per heavy atom. The van der Waals surface area contributed by atoms with E-state index in [1.165, 1.54) is 13.2 Å². The molecule has 3 rings (SSSR count). The van der Waals surface area contributed by atoms with Crippen molar-refractivity contribution >= 4 is 23.2 Å². The van der Waals surface area contributed by atoms with Crippen LogP contribution in [0.5, 0.6) is 11.5 Å². The van der Waals surface area contributed by atoms with Gasteiger partial charge in [-0.1, -0.05) is 18.2 Å². The summed E-state index contributed by atoms with van der Waals surface area (Å²) in [6, 6.07) is 18.6. The number of nitrogens with zero attached hydrogens (tertiary/aromatic N) is 1. The highest BCUT2D eigenvalue weighted by atomic mass is 16.5. The number of ether oxygens (including phenoxy) is 2. The van der Waals surface area contributed by atoms with Crippen molar-refractivity contribution in [2.24, 2.45) is 0 Å². The summed E-state index contributed by atoms with van der Waals surface area (Å²) in [4.78, 5) is 29.1. The number of amides is 2. The van der Waals surface area contributed by atoms with E-state index in [0.717, 1.165) is 0 Å². The normalized spacial score (nSPS) is 10.1. The summed E-state index contributed by atoms with van der Waals surface area (Å²) in [6.45, 7) is 0. The molecule has 0 aliphatic carbocycles. The standard InChI is InChI=1S/C21H19N3O4/c1-27-15-12-10-14(11-13-15)22-20(25)17-7-5-8-18(23-17)21(26)24-16-6-3-4-9-19(16)28-2/h3-13H,1-2H3,(H,22,25)(H,24,26). The van der Waals surface area contributed by atoms with Crippen molar-refractivity contribution in [1.82, 2.24) is 4.98 Å². The molecule has 0 saturated heterocycles. The van der Waals surface area contributed by atoms with Crippen LogP contribution in [0.3, 0.4) is 0 Å². The van der Waals surface area contributed by atoms with Gasteiger partial charge in [0.15, 0.2) is 0 Å². The Kier molecular flexibility index (Phi) is 5.86. The van der Waals surface area contributed by atoms with E-state index in [0.29, 0.717) is 22.9 Å². The monoisotopic (exact) mass is 377 g/mol. The van der Waals surface area contributed by atoms with Gasteiger partial charge in [0.25, 0.3) is 11.8 Å². The minimum Gasteiger partial charge on any atom is -0.497 e. The Labute approximate surface area is 162 Å². The third kappa shape index (κ3) is 4.45. The fourth-order valence-corrected chi connectivity index (χ4v) is 2.49. The maximum Gasteiger partial charge on any atom is 0.274 e. The van der Waals surface area contributed by atoms with Gasteiger partial charge in [0, 0.05) is 5.69 Å². The first-order valence-corrected chi connectivity index (χ1v) is 8.47. The van der Waals surface area contributed by atoms with Crippen LogP contribution in [0.15, 0.2) is 66.7 Å². The zero-order valence-corrected chi connectivity index (χ0v) is 15.4. The molecule has 0 radical (unpaired) electrons. The molecule has 2 amide bonds. The Morgan fingerprint density at radius 3 is 2.04 bits per heavy atom. The number of hydrogen-bond acceptors (Lipinski definition) is 5. The first-order chi connectivity index (χ1) is 13.6. The van der Waals surface area contributed by atoms with Gasteiger partial charge in [0.05, 0.1) is 19.9 Å². The van der Waals surface area contributed by atoms with Crippen LogP contribution in [0.4, 0.5) is 11.4 Å². The lowest BCUT2D eigenvalue weighted by Crippen LogP contribution is -2.18. The number of aromatic nitrogens is 1. The molecule has 1 aromatic heterocycles. The third-order valence-electron chi connectivity index (χ3n) is 3.92. The van der Waals surface area contributed by atoms with E-state index in [9.17, 15) is 9.59 Å². The second-order valence-corrected chi connectivity index (χ2v) is 5.75. The number of hydrogen-bond donors (Lipinski definition) is 2. The van der Waals surface area contributed by atoms with Gasteiger partial charge in [0.1, 0.15) is 22.9 Å². The van der Waals surface area contributed by atoms with Crippen molar-refractivity contribution in [2.75, 3.05) is 24.9 Å². The van der Waals surface area contributed by atoms with Crippen LogP contribution in [0.1, 0.15) is 21.0 Å². The number of pyridine rings is 1. The lowest BCUT2D eigenvalue weighted by atomic mass is 10.2. The lowest BCUT2D eigenvalue weighted by Gasteiger charge is -2.10. The van der Waals surface area contributed by atoms with E-state index in [1.54, 1.807) is 67.8 Å². The van der Waals surface area contributed by atoms with Crippen molar-refractivity contribution in [2.45, 2.75) is 0 Å². The quantitative estimate of drug-likeness (QED) is 0.685. The van der Waals surface area contributed by atoms with Crippen molar-refractivity contribution < 1.29 is 19.1 Å². The number of methoxy groups -OCH3 is 2. The third-order valence-corrected chi connectivity index (χ3v) is 3.92. The number of anilines is 2. The van der Waals surface area contributed by atoms with Crippen molar-refractivity contribution in [3.8, 4) is 11.5 Å². The van der Waals surface area contributed by atoms with Crippen LogP contribution in [-0.4, -0.2) is 31.0 Å². The maximum atomic E-state index is 12.5. The summed E-state index contributed by atoms with van der Waals surface area (Å²) in [5, 5.41) is 5.47. The molecule has 1 heterocycles. The molecule has 0 atom stereocenters. The van der Waals surface area contributed by atoms with Crippen molar-refractivity contribution in [3.63, 3.8) is 0 Å². The van der Waals surface area contributed by atoms with Gasteiger partial charge in [-0.15, -0.1) is 0 Å². The Hall–Kier alpha value is -3.87. The van der Waals surface area contributed by atoms with Crippen LogP contribution in [-0.2, 0) is 0 Å². The molecule has 0 aliphatic rings. The second kappa shape index (κ2) is 8.68. The summed E-state index contributed by atoms with van der Waals surface area (Å²) in [5.41, 5.74) is 1.36. The predicted octanol–water partition coefficient (Wildman–Crippen LogP) is 3.60. The molecule has 2 aromatic carbocycles. The SMILES string of the molecule is COc1ccc(NC(=O)c2cccc(C(=O)Nc3ccccc3OC)n2)cc1. The summed E-state index contributed by atoms with van der Waals surface area (Å²) in [7, 11) is 3.09. The Morgan fingerprint density at radius 1 is 0.750 bits per heavy atom. The molecule has 7 heteroatoms.